The van der Waals surface area contributed by atoms with Gasteiger partial charge in [-0.1, -0.05) is 41.9 Å². The Bertz CT molecular complexity index is 830. The summed E-state index contributed by atoms with van der Waals surface area (Å²) in [5.74, 6) is -0.215. The smallest absolute Gasteiger partial charge is 0.255 e. The van der Waals surface area contributed by atoms with Crippen LogP contribution >= 0.6 is 11.6 Å². The van der Waals surface area contributed by atoms with Crippen LogP contribution in [0.3, 0.4) is 0 Å². The highest BCUT2D eigenvalue weighted by Gasteiger charge is 2.09. The first-order valence-electron chi connectivity index (χ1n) is 6.49. The Hall–Kier alpha value is -2.52. The Kier molecular flexibility index (Phi) is 3.50. The zero-order valence-electron chi connectivity index (χ0n) is 11.1. The summed E-state index contributed by atoms with van der Waals surface area (Å²) < 4.78 is 0. The van der Waals surface area contributed by atoms with E-state index in [0.717, 1.165) is 10.8 Å². The van der Waals surface area contributed by atoms with Crippen molar-refractivity contribution in [1.82, 2.24) is 0 Å². The summed E-state index contributed by atoms with van der Waals surface area (Å²) in [7, 11) is 0. The van der Waals surface area contributed by atoms with Crippen LogP contribution in [0.5, 0.6) is 0 Å². The molecule has 0 radical (unpaired) electrons. The number of hydrogen-bond acceptors (Lipinski definition) is 2. The summed E-state index contributed by atoms with van der Waals surface area (Å²) in [5.41, 5.74) is 7.34. The lowest BCUT2D eigenvalue weighted by molar-refractivity contribution is 0.102. The predicted molar refractivity (Wildman–Crippen MR) is 87.8 cm³/mol. The summed E-state index contributed by atoms with van der Waals surface area (Å²) in [4.78, 5) is 12.3. The SMILES string of the molecule is Nc1ccc(Cl)c(NC(=O)c2ccc3ccccc3c2)c1. The molecule has 0 aliphatic carbocycles. The van der Waals surface area contributed by atoms with Crippen LogP contribution in [0.1, 0.15) is 10.4 Å². The summed E-state index contributed by atoms with van der Waals surface area (Å²) in [6.45, 7) is 0. The lowest BCUT2D eigenvalue weighted by Crippen LogP contribution is -2.12. The standard InChI is InChI=1S/C17H13ClN2O/c18-15-8-7-14(19)10-16(15)20-17(21)13-6-5-11-3-1-2-4-12(11)9-13/h1-10H,19H2,(H,20,21). The highest BCUT2D eigenvalue weighted by Crippen LogP contribution is 2.25. The molecule has 0 aliphatic rings. The van der Waals surface area contributed by atoms with Gasteiger partial charge in [-0.3, -0.25) is 4.79 Å². The first kappa shape index (κ1) is 13.5. The number of benzene rings is 3. The molecule has 0 saturated heterocycles. The predicted octanol–water partition coefficient (Wildman–Crippen LogP) is 4.33. The molecule has 0 bridgehead atoms. The number of halogens is 1. The number of carbonyl (C=O) groups is 1. The van der Waals surface area contributed by atoms with Crippen molar-refractivity contribution in [2.24, 2.45) is 0 Å². The maximum atomic E-state index is 12.3. The van der Waals surface area contributed by atoms with Crippen molar-refractivity contribution in [3.63, 3.8) is 0 Å². The topological polar surface area (TPSA) is 55.1 Å². The van der Waals surface area contributed by atoms with Gasteiger partial charge in [0.05, 0.1) is 10.7 Å². The third kappa shape index (κ3) is 2.83. The van der Waals surface area contributed by atoms with E-state index in [2.05, 4.69) is 5.32 Å². The minimum absolute atomic E-state index is 0.215. The van der Waals surface area contributed by atoms with Gasteiger partial charge in [-0.25, -0.2) is 0 Å². The third-order valence-electron chi connectivity index (χ3n) is 3.25. The van der Waals surface area contributed by atoms with Gasteiger partial charge in [0, 0.05) is 11.3 Å². The van der Waals surface area contributed by atoms with E-state index in [1.807, 2.05) is 36.4 Å². The molecule has 0 aromatic heterocycles. The highest BCUT2D eigenvalue weighted by molar-refractivity contribution is 6.34. The van der Waals surface area contributed by atoms with Gasteiger partial charge in [0.1, 0.15) is 0 Å². The van der Waals surface area contributed by atoms with E-state index in [1.165, 1.54) is 0 Å². The second-order valence-electron chi connectivity index (χ2n) is 4.76. The van der Waals surface area contributed by atoms with E-state index in [-0.39, 0.29) is 5.91 Å². The number of nitrogens with one attached hydrogen (secondary N) is 1. The van der Waals surface area contributed by atoms with Crippen molar-refractivity contribution in [2.75, 3.05) is 11.1 Å². The lowest BCUT2D eigenvalue weighted by Gasteiger charge is -2.09. The molecule has 0 atom stereocenters. The number of fused-ring (bicyclic) bond motifs is 1. The Morgan fingerprint density at radius 2 is 1.71 bits per heavy atom. The maximum Gasteiger partial charge on any atom is 0.255 e. The van der Waals surface area contributed by atoms with Crippen molar-refractivity contribution in [1.29, 1.82) is 0 Å². The van der Waals surface area contributed by atoms with Gasteiger partial charge in [-0.15, -0.1) is 0 Å². The Morgan fingerprint density at radius 3 is 2.52 bits per heavy atom. The Labute approximate surface area is 127 Å². The number of nitrogens with two attached hydrogens (primary N) is 1. The van der Waals surface area contributed by atoms with Gasteiger partial charge >= 0.3 is 0 Å². The second-order valence-corrected chi connectivity index (χ2v) is 5.16. The maximum absolute atomic E-state index is 12.3. The summed E-state index contributed by atoms with van der Waals surface area (Å²) in [5, 5.41) is 5.35. The lowest BCUT2D eigenvalue weighted by atomic mass is 10.1. The molecule has 1 amide bonds. The first-order chi connectivity index (χ1) is 10.1. The fourth-order valence-electron chi connectivity index (χ4n) is 2.16. The molecule has 0 saturated carbocycles. The molecule has 3 N–H and O–H groups in total. The van der Waals surface area contributed by atoms with Gasteiger partial charge in [0.15, 0.2) is 0 Å². The number of carbonyl (C=O) groups excluding carboxylic acids is 1. The fourth-order valence-corrected chi connectivity index (χ4v) is 2.33. The quantitative estimate of drug-likeness (QED) is 0.692. The number of amides is 1. The summed E-state index contributed by atoms with van der Waals surface area (Å²) >= 11 is 6.05. The molecule has 3 nitrogen and oxygen atoms in total. The monoisotopic (exact) mass is 296 g/mol. The molecule has 0 fully saturated rings. The molecule has 3 rings (SSSR count). The molecule has 4 heteroatoms. The van der Waals surface area contributed by atoms with Crippen LogP contribution < -0.4 is 11.1 Å². The van der Waals surface area contributed by atoms with E-state index < -0.39 is 0 Å². The fraction of sp³-hybridized carbons (Fsp3) is 0. The van der Waals surface area contributed by atoms with Crippen molar-refractivity contribution >= 4 is 39.7 Å². The van der Waals surface area contributed by atoms with Gasteiger partial charge in [-0.05, 0) is 41.1 Å². The minimum Gasteiger partial charge on any atom is -0.399 e. The zero-order chi connectivity index (χ0) is 14.8. The Balaban J connectivity index is 1.91. The van der Waals surface area contributed by atoms with Gasteiger partial charge in [-0.2, -0.15) is 0 Å². The van der Waals surface area contributed by atoms with E-state index in [1.54, 1.807) is 24.3 Å². The average molecular weight is 297 g/mol. The number of rotatable bonds is 2. The van der Waals surface area contributed by atoms with Crippen LogP contribution in [0.2, 0.25) is 5.02 Å². The van der Waals surface area contributed by atoms with E-state index in [9.17, 15) is 4.79 Å². The van der Waals surface area contributed by atoms with Crippen LogP contribution in [0.15, 0.2) is 60.7 Å². The minimum atomic E-state index is -0.215. The molecule has 3 aromatic rings. The van der Waals surface area contributed by atoms with Crippen molar-refractivity contribution < 1.29 is 4.79 Å². The van der Waals surface area contributed by atoms with Crippen molar-refractivity contribution in [2.45, 2.75) is 0 Å². The van der Waals surface area contributed by atoms with Crippen molar-refractivity contribution in [3.8, 4) is 0 Å². The molecule has 0 heterocycles. The van der Waals surface area contributed by atoms with E-state index in [4.69, 9.17) is 17.3 Å². The van der Waals surface area contributed by atoms with E-state index >= 15 is 0 Å². The van der Waals surface area contributed by atoms with Crippen LogP contribution in [0, 0.1) is 0 Å². The highest BCUT2D eigenvalue weighted by atomic mass is 35.5. The third-order valence-corrected chi connectivity index (χ3v) is 3.58. The molecule has 21 heavy (non-hydrogen) atoms. The molecular weight excluding hydrogens is 284 g/mol. The normalized spacial score (nSPS) is 10.5. The van der Waals surface area contributed by atoms with Crippen LogP contribution in [-0.4, -0.2) is 5.91 Å². The van der Waals surface area contributed by atoms with Gasteiger partial charge in [0.2, 0.25) is 0 Å². The molecule has 0 aliphatic heterocycles. The zero-order valence-corrected chi connectivity index (χ0v) is 11.9. The first-order valence-corrected chi connectivity index (χ1v) is 6.86. The van der Waals surface area contributed by atoms with E-state index in [0.29, 0.717) is 22.0 Å². The largest absolute Gasteiger partial charge is 0.399 e. The molecule has 3 aromatic carbocycles. The summed E-state index contributed by atoms with van der Waals surface area (Å²) in [6, 6.07) is 18.4. The van der Waals surface area contributed by atoms with Crippen LogP contribution in [0.4, 0.5) is 11.4 Å². The van der Waals surface area contributed by atoms with Crippen LogP contribution in [0.25, 0.3) is 10.8 Å². The number of hydrogen-bond donors (Lipinski definition) is 2. The second kappa shape index (κ2) is 5.46. The Morgan fingerprint density at radius 1 is 0.952 bits per heavy atom. The number of nitrogen functional groups attached to an aromatic ring is 1. The molecule has 104 valence electrons. The molecule has 0 unspecified atom stereocenters. The molecule has 0 spiro atoms. The average Bonchev–Trinajstić information content (AvgIpc) is 2.50. The number of anilines is 2. The van der Waals surface area contributed by atoms with Gasteiger partial charge < -0.3 is 11.1 Å². The molecular formula is C17H13ClN2O. The van der Waals surface area contributed by atoms with Crippen LogP contribution in [-0.2, 0) is 0 Å². The van der Waals surface area contributed by atoms with Gasteiger partial charge in [0.25, 0.3) is 5.91 Å². The van der Waals surface area contributed by atoms with Crippen molar-refractivity contribution in [3.05, 3.63) is 71.2 Å². The summed E-state index contributed by atoms with van der Waals surface area (Å²) in [6.07, 6.45) is 0.